The molecule has 1 aliphatic heterocycles. The number of nitrogens with one attached hydrogen (secondary N) is 1. The Labute approximate surface area is 71.2 Å². The third-order valence-corrected chi connectivity index (χ3v) is 1.67. The molecule has 3 nitrogen and oxygen atoms in total. The van der Waals surface area contributed by atoms with Crippen LogP contribution in [-0.4, -0.2) is 19.0 Å². The molecule has 0 bridgehead atoms. The molecule has 0 radical (unpaired) electrons. The molecule has 0 aromatic heterocycles. The van der Waals surface area contributed by atoms with Crippen LogP contribution in [0.2, 0.25) is 0 Å². The second kappa shape index (κ2) is 4.64. The van der Waals surface area contributed by atoms with Crippen LogP contribution in [0.5, 0.6) is 0 Å². The highest BCUT2D eigenvalue weighted by molar-refractivity contribution is 7.96. The Morgan fingerprint density at radius 1 is 1.91 bits per heavy atom. The maximum absolute atomic E-state index is 5.39. The minimum absolute atomic E-state index is 0.322. The Morgan fingerprint density at radius 2 is 2.73 bits per heavy atom. The molecule has 0 fully saturated rings. The summed E-state index contributed by atoms with van der Waals surface area (Å²) in [6.45, 7) is 2.57. The smallest absolute Gasteiger partial charge is 0.126 e. The monoisotopic (exact) mass is 175 g/mol. The molecule has 0 saturated heterocycles. The van der Waals surface area contributed by atoms with Crippen LogP contribution in [0, 0.1) is 0 Å². The third-order valence-electron chi connectivity index (χ3n) is 1.39. The predicted octanol–water partition coefficient (Wildman–Crippen LogP) is 1.48. The van der Waals surface area contributed by atoms with E-state index in [1.54, 1.807) is 0 Å². The molecule has 0 saturated carbocycles. The molecule has 1 unspecified atom stereocenters. The van der Waals surface area contributed by atoms with Gasteiger partial charge in [-0.2, -0.15) is 0 Å². The topological polar surface area (TPSA) is 30.5 Å². The van der Waals surface area contributed by atoms with Gasteiger partial charge < -0.3 is 4.74 Å². The van der Waals surface area contributed by atoms with Gasteiger partial charge in [0.2, 0.25) is 0 Å². The fraction of sp³-hybridized carbons (Fsp3) is 0.714. The van der Waals surface area contributed by atoms with Gasteiger partial charge in [0.1, 0.15) is 12.4 Å². The first-order valence-electron chi connectivity index (χ1n) is 3.58. The number of ether oxygens (including phenoxy) is 1. The summed E-state index contributed by atoms with van der Waals surface area (Å²) in [6.07, 6.45) is 5.29. The van der Waals surface area contributed by atoms with E-state index in [9.17, 15) is 0 Å². The average Bonchev–Trinajstić information content (AvgIpc) is 2.37. The first kappa shape index (κ1) is 8.90. The first-order chi connectivity index (χ1) is 5.33. The van der Waals surface area contributed by atoms with Crippen molar-refractivity contribution in [3.8, 4) is 0 Å². The fourth-order valence-corrected chi connectivity index (χ4v) is 1.08. The van der Waals surface area contributed by atoms with Gasteiger partial charge in [0.25, 0.3) is 0 Å². The average molecular weight is 175 g/mol. The van der Waals surface area contributed by atoms with Crippen LogP contribution in [0.25, 0.3) is 0 Å². The van der Waals surface area contributed by atoms with Gasteiger partial charge in [-0.1, -0.05) is 11.9 Å². The quantitative estimate of drug-likeness (QED) is 0.398. The van der Waals surface area contributed by atoms with Gasteiger partial charge in [-0.15, -0.1) is 4.89 Å². The zero-order valence-electron chi connectivity index (χ0n) is 6.79. The lowest BCUT2D eigenvalue weighted by Crippen LogP contribution is -2.09. The zero-order chi connectivity index (χ0) is 8.10. The van der Waals surface area contributed by atoms with Crippen molar-refractivity contribution >= 4 is 11.9 Å². The van der Waals surface area contributed by atoms with Crippen LogP contribution in [-0.2, 0) is 9.57 Å². The summed E-state index contributed by atoms with van der Waals surface area (Å²) < 4.78 is 5.39. The molecule has 0 aromatic carbocycles. The van der Waals surface area contributed by atoms with Crippen LogP contribution in [0.4, 0.5) is 0 Å². The second-order valence-corrected chi connectivity index (χ2v) is 2.99. The van der Waals surface area contributed by atoms with E-state index in [1.807, 2.05) is 13.2 Å². The summed E-state index contributed by atoms with van der Waals surface area (Å²) in [5, 5.41) is 0. The Kier molecular flexibility index (Phi) is 3.76. The second-order valence-electron chi connectivity index (χ2n) is 2.41. The van der Waals surface area contributed by atoms with E-state index >= 15 is 0 Å². The molecule has 1 heterocycles. The van der Waals surface area contributed by atoms with E-state index in [0.29, 0.717) is 12.7 Å². The summed E-state index contributed by atoms with van der Waals surface area (Å²) >= 11 is 1.43. The highest BCUT2D eigenvalue weighted by Crippen LogP contribution is 2.15. The molecule has 1 atom stereocenters. The van der Waals surface area contributed by atoms with Crippen LogP contribution in [0.1, 0.15) is 13.3 Å². The van der Waals surface area contributed by atoms with Crippen molar-refractivity contribution in [2.45, 2.75) is 19.4 Å². The van der Waals surface area contributed by atoms with Gasteiger partial charge in [0, 0.05) is 6.42 Å². The summed E-state index contributed by atoms with van der Waals surface area (Å²) in [6, 6.07) is 0. The highest BCUT2D eigenvalue weighted by Gasteiger charge is 2.12. The fourth-order valence-electron chi connectivity index (χ4n) is 0.905. The van der Waals surface area contributed by atoms with Crippen LogP contribution in [0.3, 0.4) is 0 Å². The van der Waals surface area contributed by atoms with Crippen molar-refractivity contribution in [2.75, 3.05) is 12.9 Å². The normalized spacial score (nSPS) is 23.1. The number of hydrogen-bond acceptors (Lipinski definition) is 4. The third kappa shape index (κ3) is 3.14. The van der Waals surface area contributed by atoms with E-state index in [0.717, 1.165) is 12.2 Å². The minimum atomic E-state index is 0.322. The predicted molar refractivity (Wildman–Crippen MR) is 45.8 cm³/mol. The van der Waals surface area contributed by atoms with Crippen molar-refractivity contribution in [1.82, 2.24) is 4.89 Å². The molecule has 64 valence electrons. The molecule has 1 aliphatic rings. The zero-order valence-corrected chi connectivity index (χ0v) is 7.61. The lowest BCUT2D eigenvalue weighted by Gasteiger charge is -2.07. The van der Waals surface area contributed by atoms with Crippen molar-refractivity contribution < 1.29 is 9.57 Å². The SMILES string of the molecule is CSNOCC1=CCC(C)O1. The number of rotatable bonds is 4. The van der Waals surface area contributed by atoms with Gasteiger partial charge in [0.05, 0.1) is 6.10 Å². The van der Waals surface area contributed by atoms with Gasteiger partial charge in [0.15, 0.2) is 0 Å². The lowest BCUT2D eigenvalue weighted by atomic mass is 10.3. The summed E-state index contributed by atoms with van der Waals surface area (Å²) in [4.78, 5) is 7.72. The van der Waals surface area contributed by atoms with E-state index in [4.69, 9.17) is 9.57 Å². The Morgan fingerprint density at radius 3 is 3.27 bits per heavy atom. The molecule has 1 N–H and O–H groups in total. The molecule has 1 rings (SSSR count). The van der Waals surface area contributed by atoms with Crippen LogP contribution < -0.4 is 4.89 Å². The van der Waals surface area contributed by atoms with E-state index in [1.165, 1.54) is 11.9 Å². The first-order valence-corrected chi connectivity index (χ1v) is 4.81. The van der Waals surface area contributed by atoms with E-state index in [2.05, 4.69) is 11.0 Å². The molecular weight excluding hydrogens is 162 g/mol. The molecule has 0 amide bonds. The maximum atomic E-state index is 5.39. The highest BCUT2D eigenvalue weighted by atomic mass is 32.2. The van der Waals surface area contributed by atoms with Crippen molar-refractivity contribution in [3.05, 3.63) is 11.8 Å². The van der Waals surface area contributed by atoms with E-state index in [-0.39, 0.29) is 0 Å². The molecule has 0 spiro atoms. The number of hydrogen-bond donors (Lipinski definition) is 1. The lowest BCUT2D eigenvalue weighted by molar-refractivity contribution is 0.0642. The maximum Gasteiger partial charge on any atom is 0.126 e. The summed E-state index contributed by atoms with van der Waals surface area (Å²) in [7, 11) is 0. The standard InChI is InChI=1S/C7H13NO2S/c1-6-3-4-7(10-6)5-9-8-11-2/h4,6,8H,3,5H2,1-2H3. The van der Waals surface area contributed by atoms with Crippen molar-refractivity contribution in [1.29, 1.82) is 0 Å². The minimum Gasteiger partial charge on any atom is -0.493 e. The molecular formula is C7H13NO2S. The Balaban J connectivity index is 2.08. The Hall–Kier alpha value is -0.190. The Bertz CT molecular complexity index is 149. The van der Waals surface area contributed by atoms with Gasteiger partial charge in [-0.25, -0.2) is 0 Å². The van der Waals surface area contributed by atoms with E-state index < -0.39 is 0 Å². The van der Waals surface area contributed by atoms with Gasteiger partial charge in [-0.3, -0.25) is 4.84 Å². The summed E-state index contributed by atoms with van der Waals surface area (Å²) in [5.74, 6) is 0.930. The van der Waals surface area contributed by atoms with Gasteiger partial charge >= 0.3 is 0 Å². The summed E-state index contributed by atoms with van der Waals surface area (Å²) in [5.41, 5.74) is 0. The molecule has 0 aliphatic carbocycles. The molecule has 11 heavy (non-hydrogen) atoms. The van der Waals surface area contributed by atoms with Gasteiger partial charge in [-0.05, 0) is 19.3 Å². The van der Waals surface area contributed by atoms with Crippen molar-refractivity contribution in [2.24, 2.45) is 0 Å². The largest absolute Gasteiger partial charge is 0.493 e. The molecule has 0 aromatic rings. The van der Waals surface area contributed by atoms with Crippen molar-refractivity contribution in [3.63, 3.8) is 0 Å². The molecule has 4 heteroatoms. The van der Waals surface area contributed by atoms with Crippen LogP contribution in [0.15, 0.2) is 11.8 Å². The van der Waals surface area contributed by atoms with Crippen LogP contribution >= 0.6 is 11.9 Å².